The highest BCUT2D eigenvalue weighted by atomic mass is 16.5. The van der Waals surface area contributed by atoms with Gasteiger partial charge in [-0.05, 0) is 56.4 Å². The maximum absolute atomic E-state index is 12.3. The van der Waals surface area contributed by atoms with Crippen molar-refractivity contribution in [3.8, 4) is 5.88 Å². The minimum atomic E-state index is -0.174. The average Bonchev–Trinajstić information content (AvgIpc) is 2.67. The summed E-state index contributed by atoms with van der Waals surface area (Å²) < 4.78 is 5.97. The smallest absolute Gasteiger partial charge is 0.251 e. The van der Waals surface area contributed by atoms with E-state index in [-0.39, 0.29) is 17.8 Å². The van der Waals surface area contributed by atoms with Crippen LogP contribution in [-0.4, -0.2) is 22.8 Å². The van der Waals surface area contributed by atoms with Crippen molar-refractivity contribution in [1.82, 2.24) is 10.3 Å². The molecule has 1 aliphatic rings. The number of ketones is 1. The van der Waals surface area contributed by atoms with Crippen molar-refractivity contribution in [2.24, 2.45) is 0 Å². The zero-order valence-corrected chi connectivity index (χ0v) is 15.0. The van der Waals surface area contributed by atoms with E-state index in [1.54, 1.807) is 30.5 Å². The monoisotopic (exact) mass is 352 g/mol. The summed E-state index contributed by atoms with van der Waals surface area (Å²) in [6.07, 6.45) is 7.83. The summed E-state index contributed by atoms with van der Waals surface area (Å²) in [6.45, 7) is 1.91. The minimum absolute atomic E-state index is 0.0146. The molecule has 0 unspecified atom stereocenters. The van der Waals surface area contributed by atoms with Crippen LogP contribution in [0.3, 0.4) is 0 Å². The molecule has 1 aliphatic carbocycles. The molecular formula is C21H24N2O3. The fourth-order valence-corrected chi connectivity index (χ4v) is 3.12. The quantitative estimate of drug-likeness (QED) is 0.800. The molecule has 26 heavy (non-hydrogen) atoms. The van der Waals surface area contributed by atoms with E-state index < -0.39 is 0 Å². The Morgan fingerprint density at radius 1 is 1.08 bits per heavy atom. The van der Waals surface area contributed by atoms with E-state index in [1.807, 2.05) is 12.1 Å². The number of nitrogens with one attached hydrogen (secondary N) is 1. The van der Waals surface area contributed by atoms with Crippen molar-refractivity contribution in [2.45, 2.75) is 51.7 Å². The third-order valence-electron chi connectivity index (χ3n) is 4.65. The Bertz CT molecular complexity index is 765. The molecule has 0 aliphatic heterocycles. The minimum Gasteiger partial charge on any atom is -0.474 e. The molecule has 136 valence electrons. The molecule has 5 nitrogen and oxygen atoms in total. The number of carbonyl (C=O) groups excluding carboxylic acids is 2. The van der Waals surface area contributed by atoms with E-state index in [2.05, 4.69) is 10.3 Å². The first-order valence-corrected chi connectivity index (χ1v) is 9.12. The second-order valence-electron chi connectivity index (χ2n) is 6.70. The lowest BCUT2D eigenvalue weighted by molar-refractivity contribution is 0.0948. The van der Waals surface area contributed by atoms with Crippen LogP contribution in [0.4, 0.5) is 0 Å². The normalized spacial score (nSPS) is 14.7. The zero-order valence-electron chi connectivity index (χ0n) is 15.0. The van der Waals surface area contributed by atoms with Crippen LogP contribution in [0, 0.1) is 0 Å². The molecule has 0 spiro atoms. The molecule has 0 saturated heterocycles. The Morgan fingerprint density at radius 3 is 2.46 bits per heavy atom. The van der Waals surface area contributed by atoms with Crippen molar-refractivity contribution in [3.63, 3.8) is 0 Å². The maximum atomic E-state index is 12.3. The van der Waals surface area contributed by atoms with Gasteiger partial charge < -0.3 is 10.1 Å². The Kier molecular flexibility index (Phi) is 6.00. The predicted molar refractivity (Wildman–Crippen MR) is 99.4 cm³/mol. The highest BCUT2D eigenvalue weighted by Gasteiger charge is 2.15. The van der Waals surface area contributed by atoms with Crippen molar-refractivity contribution in [1.29, 1.82) is 0 Å². The molecule has 1 aromatic carbocycles. The molecule has 0 radical (unpaired) electrons. The van der Waals surface area contributed by atoms with Crippen LogP contribution in [0.25, 0.3) is 0 Å². The number of carbonyl (C=O) groups is 2. The molecule has 1 amide bonds. The number of Topliss-reactive ketones (excluding diaryl/α,β-unsaturated/α-hetero) is 1. The molecule has 1 fully saturated rings. The molecular weight excluding hydrogens is 328 g/mol. The second kappa shape index (κ2) is 8.61. The van der Waals surface area contributed by atoms with Crippen LogP contribution < -0.4 is 10.1 Å². The van der Waals surface area contributed by atoms with Crippen molar-refractivity contribution in [3.05, 3.63) is 59.3 Å². The first kappa shape index (κ1) is 18.1. The highest BCUT2D eigenvalue weighted by molar-refractivity contribution is 5.97. The Balaban J connectivity index is 1.56. The number of nitrogens with zero attached hydrogens (tertiary/aromatic N) is 1. The first-order valence-electron chi connectivity index (χ1n) is 9.12. The molecule has 2 aromatic rings. The van der Waals surface area contributed by atoms with Crippen LogP contribution in [-0.2, 0) is 6.54 Å². The molecule has 1 saturated carbocycles. The van der Waals surface area contributed by atoms with Gasteiger partial charge in [0.2, 0.25) is 5.88 Å². The standard InChI is InChI=1S/C21H24N2O3/c1-15(24)17-7-9-18(10-8-17)21(25)23-14-16-11-12-22-20(13-16)26-19-5-3-2-4-6-19/h7-13,19H,2-6,14H2,1H3,(H,23,25). The van der Waals surface area contributed by atoms with Crippen LogP contribution in [0.2, 0.25) is 0 Å². The van der Waals surface area contributed by atoms with Gasteiger partial charge in [-0.1, -0.05) is 18.6 Å². The van der Waals surface area contributed by atoms with E-state index in [1.165, 1.54) is 26.2 Å². The van der Waals surface area contributed by atoms with Gasteiger partial charge in [0.05, 0.1) is 0 Å². The topological polar surface area (TPSA) is 68.3 Å². The van der Waals surface area contributed by atoms with E-state index in [9.17, 15) is 9.59 Å². The second-order valence-corrected chi connectivity index (χ2v) is 6.70. The fourth-order valence-electron chi connectivity index (χ4n) is 3.12. The lowest BCUT2D eigenvalue weighted by atomic mass is 9.98. The van der Waals surface area contributed by atoms with Gasteiger partial charge >= 0.3 is 0 Å². The van der Waals surface area contributed by atoms with E-state index in [0.717, 1.165) is 18.4 Å². The first-order chi connectivity index (χ1) is 12.6. The van der Waals surface area contributed by atoms with Gasteiger partial charge in [-0.25, -0.2) is 4.98 Å². The number of hydrogen-bond donors (Lipinski definition) is 1. The van der Waals surface area contributed by atoms with Crippen molar-refractivity contribution < 1.29 is 14.3 Å². The third-order valence-corrected chi connectivity index (χ3v) is 4.65. The summed E-state index contributed by atoms with van der Waals surface area (Å²) in [5.41, 5.74) is 2.07. The summed E-state index contributed by atoms with van der Waals surface area (Å²) in [6, 6.07) is 10.4. The lowest BCUT2D eigenvalue weighted by Gasteiger charge is -2.22. The van der Waals surface area contributed by atoms with E-state index in [0.29, 0.717) is 23.6 Å². The molecule has 1 aromatic heterocycles. The Labute approximate surface area is 153 Å². The molecule has 0 atom stereocenters. The molecule has 1 N–H and O–H groups in total. The Morgan fingerprint density at radius 2 is 1.77 bits per heavy atom. The van der Waals surface area contributed by atoms with Gasteiger partial charge in [-0.2, -0.15) is 0 Å². The SMILES string of the molecule is CC(=O)c1ccc(C(=O)NCc2ccnc(OC3CCCCC3)c2)cc1. The van der Waals surface area contributed by atoms with Crippen molar-refractivity contribution >= 4 is 11.7 Å². The zero-order chi connectivity index (χ0) is 18.4. The van der Waals surface area contributed by atoms with Crippen LogP contribution in [0.5, 0.6) is 5.88 Å². The van der Waals surface area contributed by atoms with Crippen LogP contribution >= 0.6 is 0 Å². The van der Waals surface area contributed by atoms with Crippen molar-refractivity contribution in [2.75, 3.05) is 0 Å². The number of aromatic nitrogens is 1. The summed E-state index contributed by atoms with van der Waals surface area (Å²) in [4.78, 5) is 27.8. The van der Waals surface area contributed by atoms with Crippen LogP contribution in [0.1, 0.15) is 65.3 Å². The summed E-state index contributed by atoms with van der Waals surface area (Å²) in [5, 5.41) is 2.89. The van der Waals surface area contributed by atoms with Gasteiger partial charge in [-0.3, -0.25) is 9.59 Å². The average molecular weight is 352 g/mol. The number of hydrogen-bond acceptors (Lipinski definition) is 4. The van der Waals surface area contributed by atoms with E-state index >= 15 is 0 Å². The van der Waals surface area contributed by atoms with Gasteiger partial charge in [0.15, 0.2) is 5.78 Å². The molecule has 3 rings (SSSR count). The number of pyridine rings is 1. The van der Waals surface area contributed by atoms with Gasteiger partial charge in [0, 0.05) is 29.9 Å². The third kappa shape index (κ3) is 4.91. The number of benzene rings is 1. The van der Waals surface area contributed by atoms with Gasteiger partial charge in [0.25, 0.3) is 5.91 Å². The summed E-state index contributed by atoms with van der Waals surface area (Å²) >= 11 is 0. The predicted octanol–water partition coefficient (Wildman–Crippen LogP) is 3.93. The van der Waals surface area contributed by atoms with E-state index in [4.69, 9.17) is 4.74 Å². The lowest BCUT2D eigenvalue weighted by Crippen LogP contribution is -2.23. The molecule has 1 heterocycles. The molecule has 5 heteroatoms. The summed E-state index contributed by atoms with van der Waals surface area (Å²) in [5.74, 6) is 0.431. The maximum Gasteiger partial charge on any atom is 0.251 e. The fraction of sp³-hybridized carbons (Fsp3) is 0.381. The highest BCUT2D eigenvalue weighted by Crippen LogP contribution is 2.22. The van der Waals surface area contributed by atoms with Crippen LogP contribution in [0.15, 0.2) is 42.6 Å². The number of rotatable bonds is 6. The van der Waals surface area contributed by atoms with Gasteiger partial charge in [0.1, 0.15) is 6.10 Å². The summed E-state index contributed by atoms with van der Waals surface area (Å²) in [7, 11) is 0. The number of amides is 1. The number of ether oxygens (including phenoxy) is 1. The largest absolute Gasteiger partial charge is 0.474 e. The molecule has 0 bridgehead atoms. The Hall–Kier alpha value is -2.69. The van der Waals surface area contributed by atoms with Gasteiger partial charge in [-0.15, -0.1) is 0 Å².